The molecule has 3 rings (SSSR count). The first-order valence-electron chi connectivity index (χ1n) is 11.0. The van der Waals surface area contributed by atoms with Crippen LogP contribution in [-0.2, 0) is 15.4 Å². The van der Waals surface area contributed by atoms with Crippen molar-refractivity contribution in [2.45, 2.75) is 44.4 Å². The van der Waals surface area contributed by atoms with Gasteiger partial charge < -0.3 is 15.5 Å². The molecule has 1 aromatic heterocycles. The molecule has 1 aliphatic rings. The molecule has 1 amide bonds. The van der Waals surface area contributed by atoms with Crippen molar-refractivity contribution in [3.05, 3.63) is 47.7 Å². The second-order valence-electron chi connectivity index (χ2n) is 8.97. The van der Waals surface area contributed by atoms with Crippen LogP contribution in [-0.4, -0.2) is 52.0 Å². The molecule has 9 heteroatoms. The lowest BCUT2D eigenvalue weighted by atomic mass is 9.87. The maximum atomic E-state index is 12.9. The first-order valence-corrected chi connectivity index (χ1v) is 12.5. The highest BCUT2D eigenvalue weighted by atomic mass is 32.2. The Kier molecular flexibility index (Phi) is 7.40. The summed E-state index contributed by atoms with van der Waals surface area (Å²) >= 11 is 0. The molecule has 2 aromatic rings. The Morgan fingerprint density at radius 3 is 2.41 bits per heavy atom. The molecule has 0 unspecified atom stereocenters. The number of pyridine rings is 1. The number of nitrogens with zero attached hydrogens (tertiary/aromatic N) is 2. The van der Waals surface area contributed by atoms with Gasteiger partial charge in [0, 0.05) is 32.7 Å². The Bertz CT molecular complexity index is 1040. The van der Waals surface area contributed by atoms with Crippen molar-refractivity contribution in [2.75, 3.05) is 42.3 Å². The van der Waals surface area contributed by atoms with Crippen LogP contribution >= 0.6 is 0 Å². The first-order chi connectivity index (χ1) is 15.1. The van der Waals surface area contributed by atoms with Crippen LogP contribution in [0.25, 0.3) is 0 Å². The van der Waals surface area contributed by atoms with Crippen LogP contribution < -0.4 is 20.3 Å². The number of benzene rings is 1. The summed E-state index contributed by atoms with van der Waals surface area (Å²) in [6, 6.07) is 8.41. The van der Waals surface area contributed by atoms with Gasteiger partial charge in [0.2, 0.25) is 0 Å². The number of hydrogen-bond donors (Lipinski definition) is 3. The van der Waals surface area contributed by atoms with Gasteiger partial charge in [0.25, 0.3) is 15.9 Å². The smallest absolute Gasteiger partial charge is 0.261 e. The Morgan fingerprint density at radius 2 is 1.81 bits per heavy atom. The fourth-order valence-electron chi connectivity index (χ4n) is 3.49. The van der Waals surface area contributed by atoms with E-state index in [9.17, 15) is 13.2 Å². The molecule has 0 saturated carbocycles. The average molecular weight is 460 g/mol. The summed E-state index contributed by atoms with van der Waals surface area (Å²) in [5, 5.41) is 6.15. The minimum absolute atomic E-state index is 0.0693. The van der Waals surface area contributed by atoms with Gasteiger partial charge in [0.1, 0.15) is 5.82 Å². The van der Waals surface area contributed by atoms with E-state index in [1.165, 1.54) is 6.20 Å². The van der Waals surface area contributed by atoms with Crippen molar-refractivity contribution in [1.29, 1.82) is 0 Å². The number of carbonyl (C=O) groups excluding carboxylic acids is 1. The Labute approximate surface area is 190 Å². The van der Waals surface area contributed by atoms with Crippen molar-refractivity contribution in [3.63, 3.8) is 0 Å². The molecule has 0 aliphatic carbocycles. The van der Waals surface area contributed by atoms with Crippen LogP contribution in [0.3, 0.4) is 0 Å². The average Bonchev–Trinajstić information content (AvgIpc) is 2.77. The van der Waals surface area contributed by atoms with E-state index in [4.69, 9.17) is 0 Å². The normalized spacial score (nSPS) is 14.8. The van der Waals surface area contributed by atoms with Gasteiger partial charge in [-0.15, -0.1) is 0 Å². The summed E-state index contributed by atoms with van der Waals surface area (Å²) < 4.78 is 28.5. The molecule has 1 saturated heterocycles. The summed E-state index contributed by atoms with van der Waals surface area (Å²) in [6.07, 6.45) is 2.27. The zero-order valence-electron chi connectivity index (χ0n) is 19.2. The van der Waals surface area contributed by atoms with E-state index in [1.54, 1.807) is 18.2 Å². The summed E-state index contributed by atoms with van der Waals surface area (Å²) in [5.41, 5.74) is 1.60. The lowest BCUT2D eigenvalue weighted by molar-refractivity contribution is 0.0953. The maximum absolute atomic E-state index is 12.9. The molecule has 0 bridgehead atoms. The predicted molar refractivity (Wildman–Crippen MR) is 128 cm³/mol. The monoisotopic (exact) mass is 459 g/mol. The molecular formula is C23H33N5O3S. The van der Waals surface area contributed by atoms with Crippen LogP contribution in [0.1, 0.15) is 50.0 Å². The Hall–Kier alpha value is -2.65. The first kappa shape index (κ1) is 24.0. The fourth-order valence-corrected chi connectivity index (χ4v) is 4.53. The van der Waals surface area contributed by atoms with Gasteiger partial charge >= 0.3 is 0 Å². The van der Waals surface area contributed by atoms with E-state index in [-0.39, 0.29) is 21.9 Å². The number of piperazine rings is 1. The summed E-state index contributed by atoms with van der Waals surface area (Å²) in [6.45, 7) is 11.8. The fraction of sp³-hybridized carbons (Fsp3) is 0.478. The standard InChI is InChI=1S/C23H33N5O3S/c1-5-10-25-22(29)20-15-18(16-26-21(20)28-13-11-24-12-14-28)27-32(30,31)19-8-6-17(7-9-19)23(2,3)4/h6-9,15-16,24,27H,5,10-14H2,1-4H3,(H,25,29). The van der Waals surface area contributed by atoms with Crippen LogP contribution in [0.15, 0.2) is 41.4 Å². The molecule has 174 valence electrons. The number of nitrogens with one attached hydrogen (secondary N) is 3. The van der Waals surface area contributed by atoms with E-state index in [0.29, 0.717) is 17.9 Å². The molecule has 1 fully saturated rings. The van der Waals surface area contributed by atoms with Gasteiger partial charge in [0.05, 0.1) is 22.3 Å². The molecule has 3 N–H and O–H groups in total. The zero-order chi connectivity index (χ0) is 23.4. The lowest BCUT2D eigenvalue weighted by Gasteiger charge is -2.30. The molecule has 32 heavy (non-hydrogen) atoms. The largest absolute Gasteiger partial charge is 0.353 e. The van der Waals surface area contributed by atoms with Crippen LogP contribution in [0.2, 0.25) is 0 Å². The van der Waals surface area contributed by atoms with Crippen molar-refractivity contribution in [1.82, 2.24) is 15.6 Å². The highest BCUT2D eigenvalue weighted by Gasteiger charge is 2.23. The van der Waals surface area contributed by atoms with E-state index in [2.05, 4.69) is 41.1 Å². The minimum Gasteiger partial charge on any atom is -0.353 e. The van der Waals surface area contributed by atoms with Gasteiger partial charge in [-0.05, 0) is 35.6 Å². The molecule has 1 aromatic carbocycles. The highest BCUT2D eigenvalue weighted by molar-refractivity contribution is 7.92. The molecule has 2 heterocycles. The molecule has 0 radical (unpaired) electrons. The second kappa shape index (κ2) is 9.87. The van der Waals surface area contributed by atoms with E-state index >= 15 is 0 Å². The number of sulfonamides is 1. The van der Waals surface area contributed by atoms with Crippen molar-refractivity contribution < 1.29 is 13.2 Å². The predicted octanol–water partition coefficient (Wildman–Crippen LogP) is 2.73. The third kappa shape index (κ3) is 5.77. The quantitative estimate of drug-likeness (QED) is 0.588. The molecule has 0 spiro atoms. The highest BCUT2D eigenvalue weighted by Crippen LogP contribution is 2.26. The number of aromatic nitrogens is 1. The Balaban J connectivity index is 1.89. The summed E-state index contributed by atoms with van der Waals surface area (Å²) in [7, 11) is -3.82. The van der Waals surface area contributed by atoms with E-state index in [0.717, 1.165) is 38.2 Å². The lowest BCUT2D eigenvalue weighted by Crippen LogP contribution is -2.44. The number of anilines is 2. The third-order valence-corrected chi connectivity index (χ3v) is 6.74. The molecule has 8 nitrogen and oxygen atoms in total. The van der Waals surface area contributed by atoms with Gasteiger partial charge in [0.15, 0.2) is 0 Å². The van der Waals surface area contributed by atoms with Crippen LogP contribution in [0.4, 0.5) is 11.5 Å². The number of amides is 1. The maximum Gasteiger partial charge on any atom is 0.261 e. The second-order valence-corrected chi connectivity index (χ2v) is 10.7. The van der Waals surface area contributed by atoms with Crippen molar-refractivity contribution in [2.24, 2.45) is 0 Å². The van der Waals surface area contributed by atoms with Gasteiger partial charge in [-0.3, -0.25) is 9.52 Å². The van der Waals surface area contributed by atoms with Crippen molar-refractivity contribution >= 4 is 27.4 Å². The van der Waals surface area contributed by atoms with Crippen molar-refractivity contribution in [3.8, 4) is 0 Å². The zero-order valence-corrected chi connectivity index (χ0v) is 20.1. The topological polar surface area (TPSA) is 103 Å². The minimum atomic E-state index is -3.82. The summed E-state index contributed by atoms with van der Waals surface area (Å²) in [4.78, 5) is 19.5. The number of rotatable bonds is 7. The SMILES string of the molecule is CCCNC(=O)c1cc(NS(=O)(=O)c2ccc(C(C)(C)C)cc2)cnc1N1CCNCC1. The number of carbonyl (C=O) groups is 1. The molecule has 1 aliphatic heterocycles. The summed E-state index contributed by atoms with van der Waals surface area (Å²) in [5.74, 6) is 0.307. The van der Waals surface area contributed by atoms with E-state index < -0.39 is 10.0 Å². The van der Waals surface area contributed by atoms with E-state index in [1.807, 2.05) is 24.0 Å². The molecule has 0 atom stereocenters. The molecular weight excluding hydrogens is 426 g/mol. The van der Waals surface area contributed by atoms with Gasteiger partial charge in [-0.1, -0.05) is 39.8 Å². The third-order valence-electron chi connectivity index (χ3n) is 5.35. The Morgan fingerprint density at radius 1 is 1.16 bits per heavy atom. The van der Waals surface area contributed by atoms with Gasteiger partial charge in [-0.25, -0.2) is 13.4 Å². The number of hydrogen-bond acceptors (Lipinski definition) is 6. The van der Waals surface area contributed by atoms with Gasteiger partial charge in [-0.2, -0.15) is 0 Å². The van der Waals surface area contributed by atoms with Crippen LogP contribution in [0, 0.1) is 0 Å². The van der Waals surface area contributed by atoms with Crippen LogP contribution in [0.5, 0.6) is 0 Å².